The fourth-order valence-corrected chi connectivity index (χ4v) is 2.74. The van der Waals surface area contributed by atoms with Crippen LogP contribution in [0.1, 0.15) is 28.2 Å². The molecule has 0 aromatic carbocycles. The van der Waals surface area contributed by atoms with Crippen LogP contribution in [0.3, 0.4) is 0 Å². The number of rotatable bonds is 3. The molecule has 0 bridgehead atoms. The molecule has 3 N–H and O–H groups in total. The number of hydrogen-bond acceptors (Lipinski definition) is 6. The minimum Gasteiger partial charge on any atom is -0.409 e. The lowest BCUT2D eigenvalue weighted by atomic mass is 10.2. The van der Waals surface area contributed by atoms with E-state index in [4.69, 9.17) is 10.9 Å². The van der Waals surface area contributed by atoms with Gasteiger partial charge >= 0.3 is 0 Å². The minimum absolute atomic E-state index is 0.0190. The molecule has 2 aromatic rings. The first-order chi connectivity index (χ1) is 9.92. The van der Waals surface area contributed by atoms with E-state index in [1.165, 1.54) is 11.8 Å². The van der Waals surface area contributed by atoms with E-state index in [1.807, 2.05) is 33.8 Å². The largest absolute Gasteiger partial charge is 0.409 e. The molecule has 2 aromatic heterocycles. The van der Waals surface area contributed by atoms with Crippen molar-refractivity contribution in [1.82, 2.24) is 15.0 Å². The molecule has 0 aliphatic carbocycles. The summed E-state index contributed by atoms with van der Waals surface area (Å²) in [4.78, 5) is 13.3. The van der Waals surface area contributed by atoms with Gasteiger partial charge in [-0.3, -0.25) is 0 Å². The molecule has 0 saturated carbocycles. The van der Waals surface area contributed by atoms with E-state index in [0.29, 0.717) is 15.7 Å². The van der Waals surface area contributed by atoms with Crippen molar-refractivity contribution in [2.75, 3.05) is 0 Å². The Morgan fingerprint density at radius 3 is 2.29 bits per heavy atom. The van der Waals surface area contributed by atoms with Crippen LogP contribution in [0.25, 0.3) is 0 Å². The maximum absolute atomic E-state index is 8.87. The Morgan fingerprint density at radius 1 is 1.10 bits per heavy atom. The van der Waals surface area contributed by atoms with Crippen LogP contribution in [-0.2, 0) is 0 Å². The zero-order valence-electron chi connectivity index (χ0n) is 12.4. The molecule has 0 radical (unpaired) electrons. The lowest BCUT2D eigenvalue weighted by Gasteiger charge is -2.09. The first kappa shape index (κ1) is 15.2. The van der Waals surface area contributed by atoms with Gasteiger partial charge in [0.1, 0.15) is 5.03 Å². The second-order valence-electron chi connectivity index (χ2n) is 4.69. The maximum Gasteiger partial charge on any atom is 0.194 e. The number of aryl methyl sites for hydroxylation is 3. The Balaban J connectivity index is 2.46. The second-order valence-corrected chi connectivity index (χ2v) is 5.65. The second kappa shape index (κ2) is 6.09. The molecule has 110 valence electrons. The molecule has 0 unspecified atom stereocenters. The number of hydrogen-bond donors (Lipinski definition) is 2. The highest BCUT2D eigenvalue weighted by molar-refractivity contribution is 7.99. The average molecular weight is 303 g/mol. The number of pyridine rings is 1. The van der Waals surface area contributed by atoms with E-state index in [-0.39, 0.29) is 5.84 Å². The first-order valence-electron chi connectivity index (χ1n) is 6.37. The van der Waals surface area contributed by atoms with E-state index in [1.54, 1.807) is 6.07 Å². The minimum atomic E-state index is 0.0190. The molecule has 0 amide bonds. The predicted octanol–water partition coefficient (Wildman–Crippen LogP) is 2.35. The molecule has 0 aliphatic heterocycles. The quantitative estimate of drug-likeness (QED) is 0.297. The SMILES string of the molecule is Cc1ccc(C(N)=NO)c(Sc2nc(C)c(C)c(C)n2)n1. The summed E-state index contributed by atoms with van der Waals surface area (Å²) in [6.45, 7) is 7.77. The molecule has 21 heavy (non-hydrogen) atoms. The topological polar surface area (TPSA) is 97.3 Å². The lowest BCUT2D eigenvalue weighted by Crippen LogP contribution is -2.15. The fraction of sp³-hybridized carbons (Fsp3) is 0.286. The summed E-state index contributed by atoms with van der Waals surface area (Å²) in [5, 5.41) is 13.1. The Morgan fingerprint density at radius 2 is 1.71 bits per heavy atom. The molecular weight excluding hydrogens is 286 g/mol. The standard InChI is InChI=1S/C14H17N5OS/c1-7-5-6-11(12(15)19-20)13(16-7)21-14-17-9(3)8(2)10(4)18-14/h5-6,20H,1-4H3,(H2,15,19). The number of nitrogens with two attached hydrogens (primary N) is 1. The van der Waals surface area contributed by atoms with E-state index < -0.39 is 0 Å². The van der Waals surface area contributed by atoms with Gasteiger partial charge in [-0.2, -0.15) is 0 Å². The maximum atomic E-state index is 8.87. The van der Waals surface area contributed by atoms with E-state index in [0.717, 1.165) is 22.6 Å². The molecule has 2 heterocycles. The number of aromatic nitrogens is 3. The number of oxime groups is 1. The lowest BCUT2D eigenvalue weighted by molar-refractivity contribution is 0.318. The monoisotopic (exact) mass is 303 g/mol. The van der Waals surface area contributed by atoms with E-state index in [9.17, 15) is 0 Å². The van der Waals surface area contributed by atoms with Crippen molar-refractivity contribution >= 4 is 17.6 Å². The Kier molecular flexibility index (Phi) is 4.42. The third kappa shape index (κ3) is 3.30. The molecule has 7 heteroatoms. The van der Waals surface area contributed by atoms with Crippen molar-refractivity contribution in [3.63, 3.8) is 0 Å². The van der Waals surface area contributed by atoms with Gasteiger partial charge in [-0.05, 0) is 57.2 Å². The Bertz CT molecular complexity index is 692. The molecule has 0 saturated heterocycles. The van der Waals surface area contributed by atoms with Crippen LogP contribution in [0.15, 0.2) is 27.5 Å². The fourth-order valence-electron chi connectivity index (χ4n) is 1.73. The van der Waals surface area contributed by atoms with Gasteiger partial charge in [-0.1, -0.05) is 5.16 Å². The summed E-state index contributed by atoms with van der Waals surface area (Å²) in [6, 6.07) is 3.58. The van der Waals surface area contributed by atoms with E-state index in [2.05, 4.69) is 20.1 Å². The van der Waals surface area contributed by atoms with Gasteiger partial charge in [0.05, 0.1) is 5.56 Å². The summed E-state index contributed by atoms with van der Waals surface area (Å²) in [6.07, 6.45) is 0. The highest BCUT2D eigenvalue weighted by atomic mass is 32.2. The summed E-state index contributed by atoms with van der Waals surface area (Å²) >= 11 is 1.30. The normalized spacial score (nSPS) is 11.7. The summed E-state index contributed by atoms with van der Waals surface area (Å²) in [5.41, 5.74) is 10.0. The highest BCUT2D eigenvalue weighted by Crippen LogP contribution is 2.27. The van der Waals surface area contributed by atoms with Crippen LogP contribution >= 0.6 is 11.8 Å². The van der Waals surface area contributed by atoms with Crippen molar-refractivity contribution in [2.24, 2.45) is 10.9 Å². The first-order valence-corrected chi connectivity index (χ1v) is 7.19. The van der Waals surface area contributed by atoms with Gasteiger partial charge in [0.2, 0.25) is 0 Å². The zero-order valence-corrected chi connectivity index (χ0v) is 13.2. The number of amidine groups is 1. The smallest absolute Gasteiger partial charge is 0.194 e. The highest BCUT2D eigenvalue weighted by Gasteiger charge is 2.13. The van der Waals surface area contributed by atoms with Crippen LogP contribution in [0, 0.1) is 27.7 Å². The van der Waals surface area contributed by atoms with Crippen LogP contribution in [0.2, 0.25) is 0 Å². The van der Waals surface area contributed by atoms with Gasteiger partial charge in [0.25, 0.3) is 0 Å². The zero-order chi connectivity index (χ0) is 15.6. The third-order valence-electron chi connectivity index (χ3n) is 3.18. The molecule has 6 nitrogen and oxygen atoms in total. The van der Waals surface area contributed by atoms with E-state index >= 15 is 0 Å². The van der Waals surface area contributed by atoms with Crippen molar-refractivity contribution in [3.8, 4) is 0 Å². The Labute approximate surface area is 127 Å². The van der Waals surface area contributed by atoms with Gasteiger partial charge in [0, 0.05) is 17.1 Å². The molecular formula is C14H17N5OS. The Hall–Kier alpha value is -2.15. The third-order valence-corrected chi connectivity index (χ3v) is 4.05. The average Bonchev–Trinajstić information content (AvgIpc) is 2.44. The number of nitrogens with zero attached hydrogens (tertiary/aromatic N) is 4. The molecule has 0 atom stereocenters. The van der Waals surface area contributed by atoms with Gasteiger partial charge in [0.15, 0.2) is 11.0 Å². The van der Waals surface area contributed by atoms with Crippen molar-refractivity contribution in [3.05, 3.63) is 40.3 Å². The van der Waals surface area contributed by atoms with Crippen molar-refractivity contribution in [1.29, 1.82) is 0 Å². The van der Waals surface area contributed by atoms with Crippen LogP contribution < -0.4 is 5.73 Å². The predicted molar refractivity (Wildman–Crippen MR) is 81.9 cm³/mol. The molecule has 0 spiro atoms. The van der Waals surface area contributed by atoms with Crippen LogP contribution in [-0.4, -0.2) is 26.0 Å². The summed E-state index contributed by atoms with van der Waals surface area (Å²) < 4.78 is 0. The summed E-state index contributed by atoms with van der Waals surface area (Å²) in [5.74, 6) is 0.0190. The van der Waals surface area contributed by atoms with Gasteiger partial charge < -0.3 is 10.9 Å². The molecule has 0 aliphatic rings. The molecule has 0 fully saturated rings. The molecule has 2 rings (SSSR count). The van der Waals surface area contributed by atoms with Crippen molar-refractivity contribution in [2.45, 2.75) is 37.9 Å². The van der Waals surface area contributed by atoms with Gasteiger partial charge in [-0.15, -0.1) is 0 Å². The van der Waals surface area contributed by atoms with Gasteiger partial charge in [-0.25, -0.2) is 15.0 Å². The van der Waals surface area contributed by atoms with Crippen LogP contribution in [0.5, 0.6) is 0 Å². The van der Waals surface area contributed by atoms with Crippen molar-refractivity contribution < 1.29 is 5.21 Å². The summed E-state index contributed by atoms with van der Waals surface area (Å²) in [7, 11) is 0. The van der Waals surface area contributed by atoms with Crippen LogP contribution in [0.4, 0.5) is 0 Å².